The van der Waals surface area contributed by atoms with E-state index in [1.165, 1.54) is 11.1 Å². The molecule has 14 aromatic carbocycles. The number of para-hydroxylation sites is 7. The van der Waals surface area contributed by atoms with Gasteiger partial charge in [0.2, 0.25) is 0 Å². The second-order valence-corrected chi connectivity index (χ2v) is 29.7. The molecule has 16 aromatic rings. The van der Waals surface area contributed by atoms with Crippen LogP contribution in [0.15, 0.2) is 285 Å². The fraction of sp³-hybridized carbons (Fsp3) is 0.0638. The average molecular weight is 1390 g/mol. The summed E-state index contributed by atoms with van der Waals surface area (Å²) >= 11 is 0. The molecular weight excluding hydrogens is 1320 g/mol. The fourth-order valence-corrected chi connectivity index (χ4v) is 19.0. The van der Waals surface area contributed by atoms with Gasteiger partial charge in [0.1, 0.15) is 46.0 Å². The van der Waals surface area contributed by atoms with E-state index in [0.717, 1.165) is 213 Å². The number of hydrogen-bond acceptors (Lipinski definition) is 9. The zero-order chi connectivity index (χ0) is 71.9. The van der Waals surface area contributed by atoms with Gasteiger partial charge in [0.15, 0.2) is 0 Å². The number of rotatable bonds is 10. The van der Waals surface area contributed by atoms with E-state index in [-0.39, 0.29) is 13.4 Å². The molecule has 0 saturated carbocycles. The second kappa shape index (κ2) is 23.5. The van der Waals surface area contributed by atoms with Crippen LogP contribution in [-0.2, 0) is 0 Å². The van der Waals surface area contributed by atoms with Crippen LogP contribution in [0, 0.1) is 41.5 Å². The third kappa shape index (κ3) is 9.32. The van der Waals surface area contributed by atoms with Crippen LogP contribution in [0.25, 0.3) is 21.8 Å². The van der Waals surface area contributed by atoms with Crippen molar-refractivity contribution in [2.75, 3.05) is 24.9 Å². The summed E-state index contributed by atoms with van der Waals surface area (Å²) in [5.41, 5.74) is 33.7. The highest BCUT2D eigenvalue weighted by Crippen LogP contribution is 2.53. The number of aromatic amines is 2. The molecule has 6 aliphatic heterocycles. The Labute approximate surface area is 627 Å². The van der Waals surface area contributed by atoms with E-state index in [0.29, 0.717) is 5.75 Å². The number of ether oxygens (including phenoxy) is 4. The van der Waals surface area contributed by atoms with Gasteiger partial charge in [-0.2, -0.15) is 0 Å². The van der Waals surface area contributed by atoms with Crippen LogP contribution in [0.3, 0.4) is 0 Å². The molecule has 0 spiro atoms. The number of aryl methyl sites for hydroxylation is 6. The fourth-order valence-electron chi connectivity index (χ4n) is 19.0. The lowest BCUT2D eigenvalue weighted by Crippen LogP contribution is -2.66. The lowest BCUT2D eigenvalue weighted by atomic mass is 9.30. The number of aromatic nitrogens is 2. The van der Waals surface area contributed by atoms with Crippen LogP contribution < -0.4 is 93.3 Å². The minimum atomic E-state index is -0.392. The number of H-pyrrole nitrogens is 2. The molecule has 8 heterocycles. The van der Waals surface area contributed by atoms with Gasteiger partial charge < -0.3 is 53.8 Å². The topological polar surface area (TPSA) is 93.5 Å². The lowest BCUT2D eigenvalue weighted by Gasteiger charge is -2.46. The number of anilines is 14. The Balaban J connectivity index is 0.845. The molecule has 3 N–H and O–H groups in total. The number of nitrogens with zero attached hydrogens (tertiary/aromatic N) is 4. The highest BCUT2D eigenvalue weighted by Gasteiger charge is 2.52. The van der Waals surface area contributed by atoms with E-state index in [1.54, 1.807) is 0 Å². The molecule has 2 aromatic heterocycles. The molecule has 14 heteroatoms. The summed E-state index contributed by atoms with van der Waals surface area (Å²) in [6.45, 7) is 12.4. The first-order chi connectivity index (χ1) is 53.0. The highest BCUT2D eigenvalue weighted by molar-refractivity contribution is 7.04. The van der Waals surface area contributed by atoms with Gasteiger partial charge in [0.05, 0.1) is 22.7 Å². The van der Waals surface area contributed by atoms with Crippen LogP contribution in [0.2, 0.25) is 0 Å². The lowest BCUT2D eigenvalue weighted by molar-refractivity contribution is 0.463. The molecule has 0 amide bonds. The van der Waals surface area contributed by atoms with Crippen molar-refractivity contribution in [2.24, 2.45) is 0 Å². The first kappa shape index (κ1) is 62.0. The van der Waals surface area contributed by atoms with Gasteiger partial charge in [-0.3, -0.25) is 0 Å². The van der Waals surface area contributed by atoms with Crippen LogP contribution in [-0.4, -0.2) is 30.1 Å². The van der Waals surface area contributed by atoms with Gasteiger partial charge in [-0.25, -0.2) is 0 Å². The normalized spacial score (nSPS) is 13.5. The maximum absolute atomic E-state index is 7.91. The van der Waals surface area contributed by atoms with Crippen molar-refractivity contribution in [1.29, 1.82) is 0 Å². The Hall–Kier alpha value is -13.4. The third-order valence-electron chi connectivity index (χ3n) is 22.9. The molecule has 0 unspecified atom stereocenters. The quantitative estimate of drug-likeness (QED) is 0.116. The van der Waals surface area contributed by atoms with Crippen LogP contribution in [0.5, 0.6) is 46.0 Å². The minimum absolute atomic E-state index is 0.276. The van der Waals surface area contributed by atoms with Crippen molar-refractivity contribution in [1.82, 2.24) is 9.97 Å². The van der Waals surface area contributed by atoms with E-state index >= 15 is 0 Å². The SMILES string of the molecule is Cc1cc(C)c(N2c3cc4c(cc3B3c5cc6c(cc5Oc5cc(Oc7ccccc7)cc2c53)N(c2c(C)cc(C)cc2C)c2cc(Oc3ccccc3)cc3c2B6c2[nH]c5ccccc5c2N3c2ccccc2)B2c3[nH]c5ccccc5c3N(c3ccccc3)c3cc(Oc5ccccc5)cc(c32)N4)c(C)c1. The van der Waals surface area contributed by atoms with E-state index in [9.17, 15) is 0 Å². The molecule has 6 aliphatic rings. The largest absolute Gasteiger partial charge is 0.458 e. The second-order valence-electron chi connectivity index (χ2n) is 29.7. The zero-order valence-corrected chi connectivity index (χ0v) is 60.3. The first-order valence-corrected chi connectivity index (χ1v) is 37.2. The molecule has 0 fully saturated rings. The Morgan fingerprint density at radius 3 is 1.19 bits per heavy atom. The smallest absolute Gasteiger partial charge is 0.272 e. The van der Waals surface area contributed by atoms with E-state index < -0.39 is 6.71 Å². The monoisotopic (exact) mass is 1390 g/mol. The summed E-state index contributed by atoms with van der Waals surface area (Å²) in [6, 6.07) is 102. The number of fused-ring (bicyclic) bond motifs is 16. The summed E-state index contributed by atoms with van der Waals surface area (Å²) in [6.07, 6.45) is 0. The third-order valence-corrected chi connectivity index (χ3v) is 22.9. The summed E-state index contributed by atoms with van der Waals surface area (Å²) in [4.78, 5) is 18.2. The molecule has 22 rings (SSSR count). The van der Waals surface area contributed by atoms with Gasteiger partial charge >= 0.3 is 0 Å². The molecule has 512 valence electrons. The standard InChI is InChI=1S/C94H68B3N7O4/c1-54-40-56(3)89(57(4)41-54)103-78-52-76-70(96-86-77(98-76)44-65(105-62-30-16-9-17-31-62)45-80(86)101(60-26-12-7-13-27-60)91-68-36-22-24-38-74(68)99-93(91)96)50-71(78)95-73-51-72-79(53-84(73)108-85-49-67(48-83(103)88(85)95)107-64-34-20-11-21-35-64)104(90-58(5)42-55(2)43-59(90)6)82-47-66(106-63-32-18-10-19-33-63)46-81-87(82)97(72)94-92(69-37-23-25-39-75(69)100-94)102(81)61-28-14-8-15-29-61/h7-53,98-100H,1-6H3. The molecule has 0 atom stereocenters. The summed E-state index contributed by atoms with van der Waals surface area (Å²) in [5.74, 6) is 5.80. The predicted molar refractivity (Wildman–Crippen MR) is 447 cm³/mol. The maximum Gasteiger partial charge on any atom is 0.272 e. The maximum atomic E-state index is 7.91. The zero-order valence-electron chi connectivity index (χ0n) is 60.3. The van der Waals surface area contributed by atoms with Crippen molar-refractivity contribution in [3.05, 3.63) is 318 Å². The van der Waals surface area contributed by atoms with Gasteiger partial charge in [0, 0.05) is 132 Å². The summed E-state index contributed by atoms with van der Waals surface area (Å²) < 4.78 is 29.1. The molecule has 0 radical (unpaired) electrons. The van der Waals surface area contributed by atoms with Gasteiger partial charge in [0.25, 0.3) is 20.1 Å². The molecule has 0 aliphatic carbocycles. The molecule has 0 bridgehead atoms. The van der Waals surface area contributed by atoms with Gasteiger partial charge in [-0.1, -0.05) is 175 Å². The Morgan fingerprint density at radius 2 is 0.685 bits per heavy atom. The molecule has 11 nitrogen and oxygen atoms in total. The number of nitrogens with one attached hydrogen (secondary N) is 3. The van der Waals surface area contributed by atoms with Gasteiger partial charge in [-0.05, 0) is 181 Å². The van der Waals surface area contributed by atoms with Crippen molar-refractivity contribution in [3.63, 3.8) is 0 Å². The van der Waals surface area contributed by atoms with E-state index in [2.05, 4.69) is 271 Å². The van der Waals surface area contributed by atoms with Crippen LogP contribution >= 0.6 is 0 Å². The number of hydrogen-bond donors (Lipinski definition) is 3. The van der Waals surface area contributed by atoms with Crippen molar-refractivity contribution >= 4 is 171 Å². The Bertz CT molecular complexity index is 6440. The van der Waals surface area contributed by atoms with Gasteiger partial charge in [-0.15, -0.1) is 0 Å². The highest BCUT2D eigenvalue weighted by atomic mass is 16.5. The summed E-state index contributed by atoms with van der Waals surface area (Å²) in [7, 11) is 0. The van der Waals surface area contributed by atoms with Crippen molar-refractivity contribution < 1.29 is 18.9 Å². The minimum Gasteiger partial charge on any atom is -0.458 e. The molecule has 0 saturated heterocycles. The predicted octanol–water partition coefficient (Wildman–Crippen LogP) is 18.7. The Kier molecular flexibility index (Phi) is 13.5. The van der Waals surface area contributed by atoms with Crippen molar-refractivity contribution in [3.8, 4) is 46.0 Å². The Morgan fingerprint density at radius 1 is 0.287 bits per heavy atom. The first-order valence-electron chi connectivity index (χ1n) is 37.2. The molecular formula is C94H68B3N7O4. The number of benzene rings is 14. The average Bonchev–Trinajstić information content (AvgIpc) is 0.894. The van der Waals surface area contributed by atoms with Crippen molar-refractivity contribution in [2.45, 2.75) is 41.5 Å². The molecule has 108 heavy (non-hydrogen) atoms. The van der Waals surface area contributed by atoms with Crippen LogP contribution in [0.1, 0.15) is 33.4 Å². The summed E-state index contributed by atoms with van der Waals surface area (Å²) in [5, 5.41) is 6.45. The van der Waals surface area contributed by atoms with Crippen LogP contribution in [0.4, 0.5) is 79.6 Å². The van der Waals surface area contributed by atoms with E-state index in [4.69, 9.17) is 18.9 Å². The van der Waals surface area contributed by atoms with E-state index in [1.807, 2.05) is 91.0 Å².